The summed E-state index contributed by atoms with van der Waals surface area (Å²) in [4.78, 5) is 41.0. The van der Waals surface area contributed by atoms with E-state index in [4.69, 9.17) is 32.4 Å². The van der Waals surface area contributed by atoms with Gasteiger partial charge in [-0.1, -0.05) is 53.5 Å². The summed E-state index contributed by atoms with van der Waals surface area (Å²) in [6, 6.07) is 12.5. The number of pyridine rings is 1. The number of anilines is 1. The zero-order valence-corrected chi connectivity index (χ0v) is 17.5. The number of nitrogens with one attached hydrogen (secondary N) is 2. The quantitative estimate of drug-likeness (QED) is 0.496. The van der Waals surface area contributed by atoms with E-state index in [9.17, 15) is 14.4 Å². The van der Waals surface area contributed by atoms with Gasteiger partial charge in [0.2, 0.25) is 0 Å². The smallest absolute Gasteiger partial charge is 0.329 e. The molecule has 160 valence electrons. The topological polar surface area (TPSA) is 111 Å². The Morgan fingerprint density at radius 2 is 1.87 bits per heavy atom. The van der Waals surface area contributed by atoms with Crippen LogP contribution in [-0.2, 0) is 20.7 Å². The van der Waals surface area contributed by atoms with Crippen molar-refractivity contribution in [3.8, 4) is 0 Å². The third-order valence-corrected chi connectivity index (χ3v) is 4.52. The average molecular weight is 462 g/mol. The molecule has 0 spiro atoms. The molecule has 0 aliphatic carbocycles. The van der Waals surface area contributed by atoms with E-state index in [0.29, 0.717) is 5.02 Å². The fourth-order valence-electron chi connectivity index (χ4n) is 2.59. The van der Waals surface area contributed by atoms with Gasteiger partial charge in [-0.15, -0.1) is 0 Å². The Labute approximate surface area is 187 Å². The summed E-state index contributed by atoms with van der Waals surface area (Å²) >= 11 is 11.7. The van der Waals surface area contributed by atoms with Gasteiger partial charge in [0.1, 0.15) is 6.04 Å². The van der Waals surface area contributed by atoms with Crippen molar-refractivity contribution < 1.29 is 23.5 Å². The van der Waals surface area contributed by atoms with Gasteiger partial charge < -0.3 is 19.8 Å². The van der Waals surface area contributed by atoms with E-state index >= 15 is 0 Å². The van der Waals surface area contributed by atoms with Crippen molar-refractivity contribution in [1.82, 2.24) is 10.3 Å². The molecule has 0 bridgehead atoms. The van der Waals surface area contributed by atoms with Crippen molar-refractivity contribution in [2.75, 3.05) is 11.9 Å². The maximum atomic E-state index is 12.6. The highest BCUT2D eigenvalue weighted by Crippen LogP contribution is 2.22. The van der Waals surface area contributed by atoms with Crippen LogP contribution in [0.15, 0.2) is 65.4 Å². The lowest BCUT2D eigenvalue weighted by molar-refractivity contribution is -0.149. The lowest BCUT2D eigenvalue weighted by Crippen LogP contribution is -2.44. The zero-order chi connectivity index (χ0) is 22.2. The molecule has 1 aromatic carbocycles. The van der Waals surface area contributed by atoms with Crippen molar-refractivity contribution in [2.45, 2.75) is 12.5 Å². The first-order valence-corrected chi connectivity index (χ1v) is 9.84. The number of benzene rings is 1. The lowest BCUT2D eigenvalue weighted by atomic mass is 10.1. The SMILES string of the molecule is O=C(COC(=O)C(Cc1ccccc1)NC(=O)c1ccco1)Nc1ncc(Cl)cc1Cl. The number of amides is 2. The minimum absolute atomic E-state index is 0.0482. The Bertz CT molecular complexity index is 1060. The Morgan fingerprint density at radius 3 is 2.55 bits per heavy atom. The summed E-state index contributed by atoms with van der Waals surface area (Å²) in [5.41, 5.74) is 0.797. The maximum Gasteiger partial charge on any atom is 0.329 e. The fraction of sp³-hybridized carbons (Fsp3) is 0.143. The minimum atomic E-state index is -1.04. The second-order valence-electron chi connectivity index (χ2n) is 6.33. The van der Waals surface area contributed by atoms with Crippen molar-refractivity contribution in [3.63, 3.8) is 0 Å². The molecule has 1 atom stereocenters. The Kier molecular flexibility index (Phi) is 7.64. The molecule has 2 aromatic heterocycles. The first-order valence-electron chi connectivity index (χ1n) is 9.08. The van der Waals surface area contributed by atoms with Gasteiger partial charge in [0.05, 0.1) is 16.3 Å². The van der Waals surface area contributed by atoms with Gasteiger partial charge in [0.25, 0.3) is 11.8 Å². The van der Waals surface area contributed by atoms with Gasteiger partial charge in [0, 0.05) is 12.6 Å². The first kappa shape index (κ1) is 22.3. The monoisotopic (exact) mass is 461 g/mol. The third kappa shape index (κ3) is 6.56. The number of carbonyl (C=O) groups is 3. The molecular formula is C21H17Cl2N3O5. The van der Waals surface area contributed by atoms with Gasteiger partial charge in [0.15, 0.2) is 18.2 Å². The lowest BCUT2D eigenvalue weighted by Gasteiger charge is -2.17. The van der Waals surface area contributed by atoms with E-state index in [1.165, 1.54) is 24.6 Å². The van der Waals surface area contributed by atoms with Gasteiger partial charge in [-0.05, 0) is 23.8 Å². The van der Waals surface area contributed by atoms with Crippen molar-refractivity contribution in [1.29, 1.82) is 0 Å². The highest BCUT2D eigenvalue weighted by atomic mass is 35.5. The predicted octanol–water partition coefficient (Wildman–Crippen LogP) is 3.50. The number of halogens is 2. The molecule has 3 aromatic rings. The molecule has 31 heavy (non-hydrogen) atoms. The summed E-state index contributed by atoms with van der Waals surface area (Å²) in [7, 11) is 0. The van der Waals surface area contributed by atoms with Crippen molar-refractivity contribution in [3.05, 3.63) is 82.4 Å². The van der Waals surface area contributed by atoms with Crippen LogP contribution in [0.5, 0.6) is 0 Å². The minimum Gasteiger partial charge on any atom is -0.459 e. The van der Waals surface area contributed by atoms with Crippen molar-refractivity contribution >= 4 is 46.8 Å². The van der Waals surface area contributed by atoms with Gasteiger partial charge >= 0.3 is 5.97 Å². The largest absolute Gasteiger partial charge is 0.459 e. The standard InChI is InChI=1S/C21H17Cl2N3O5/c22-14-10-15(23)19(24-11-14)26-18(27)12-31-21(29)16(9-13-5-2-1-3-6-13)25-20(28)17-7-4-8-30-17/h1-8,10-11,16H,9,12H2,(H,25,28)(H,24,26,27). The first-order chi connectivity index (χ1) is 14.9. The molecular weight excluding hydrogens is 445 g/mol. The van der Waals surface area contributed by atoms with Crippen LogP contribution in [0, 0.1) is 0 Å². The van der Waals surface area contributed by atoms with Crippen LogP contribution < -0.4 is 10.6 Å². The van der Waals surface area contributed by atoms with Crippen LogP contribution in [-0.4, -0.2) is 35.4 Å². The number of hydrogen-bond donors (Lipinski definition) is 2. The number of aromatic nitrogens is 1. The number of carbonyl (C=O) groups excluding carboxylic acids is 3. The van der Waals surface area contributed by atoms with Crippen LogP contribution >= 0.6 is 23.2 Å². The van der Waals surface area contributed by atoms with Crippen LogP contribution in [0.4, 0.5) is 5.82 Å². The van der Waals surface area contributed by atoms with E-state index in [1.54, 1.807) is 18.2 Å². The summed E-state index contributed by atoms with van der Waals surface area (Å²) in [6.45, 7) is -0.596. The number of hydrogen-bond acceptors (Lipinski definition) is 6. The molecule has 3 rings (SSSR count). The summed E-state index contributed by atoms with van der Waals surface area (Å²) in [6.07, 6.45) is 2.83. The van der Waals surface area contributed by atoms with Crippen LogP contribution in [0.25, 0.3) is 0 Å². The molecule has 10 heteroatoms. The molecule has 1 unspecified atom stereocenters. The highest BCUT2D eigenvalue weighted by molar-refractivity contribution is 6.36. The second kappa shape index (κ2) is 10.6. The molecule has 2 heterocycles. The summed E-state index contributed by atoms with van der Waals surface area (Å²) in [5, 5.41) is 5.44. The van der Waals surface area contributed by atoms with Gasteiger partial charge in [-0.25, -0.2) is 9.78 Å². The molecule has 0 saturated heterocycles. The second-order valence-corrected chi connectivity index (χ2v) is 7.18. The highest BCUT2D eigenvalue weighted by Gasteiger charge is 2.25. The van der Waals surface area contributed by atoms with Crippen LogP contribution in [0.1, 0.15) is 16.1 Å². The van der Waals surface area contributed by atoms with Gasteiger partial charge in [-0.3, -0.25) is 9.59 Å². The molecule has 0 fully saturated rings. The van der Waals surface area contributed by atoms with Crippen LogP contribution in [0.3, 0.4) is 0 Å². The molecule has 8 nitrogen and oxygen atoms in total. The van der Waals surface area contributed by atoms with Gasteiger partial charge in [-0.2, -0.15) is 0 Å². The molecule has 0 radical (unpaired) electrons. The molecule has 0 saturated carbocycles. The van der Waals surface area contributed by atoms with Crippen LogP contribution in [0.2, 0.25) is 10.0 Å². The van der Waals surface area contributed by atoms with E-state index in [2.05, 4.69) is 15.6 Å². The Morgan fingerprint density at radius 1 is 1.10 bits per heavy atom. The molecule has 0 aliphatic heterocycles. The summed E-state index contributed by atoms with van der Waals surface area (Å²) in [5.74, 6) is -1.88. The predicted molar refractivity (Wildman–Crippen MR) is 114 cm³/mol. The van der Waals surface area contributed by atoms with E-state index in [0.717, 1.165) is 5.56 Å². The number of esters is 1. The third-order valence-electron chi connectivity index (χ3n) is 4.03. The summed E-state index contributed by atoms with van der Waals surface area (Å²) < 4.78 is 10.2. The number of nitrogens with zero attached hydrogens (tertiary/aromatic N) is 1. The number of furan rings is 1. The zero-order valence-electron chi connectivity index (χ0n) is 16.0. The number of rotatable bonds is 8. The molecule has 2 N–H and O–H groups in total. The Hall–Kier alpha value is -3.36. The molecule has 2 amide bonds. The van der Waals surface area contributed by atoms with E-state index in [-0.39, 0.29) is 23.0 Å². The fourth-order valence-corrected chi connectivity index (χ4v) is 3.02. The number of ether oxygens (including phenoxy) is 1. The van der Waals surface area contributed by atoms with Crippen molar-refractivity contribution in [2.24, 2.45) is 0 Å². The van der Waals surface area contributed by atoms with E-state index < -0.39 is 30.4 Å². The maximum absolute atomic E-state index is 12.6. The van der Waals surface area contributed by atoms with E-state index in [1.807, 2.05) is 18.2 Å². The normalized spacial score (nSPS) is 11.4. The average Bonchev–Trinajstić information content (AvgIpc) is 3.29. The molecule has 0 aliphatic rings. The Balaban J connectivity index is 1.62.